The lowest BCUT2D eigenvalue weighted by Crippen LogP contribution is -2.28. The van der Waals surface area contributed by atoms with Crippen LogP contribution in [0, 0.1) is 5.82 Å². The Morgan fingerprint density at radius 1 is 1.35 bits per heavy atom. The lowest BCUT2D eigenvalue weighted by Gasteiger charge is -2.13. The number of fused-ring (bicyclic) bond motifs is 1. The van der Waals surface area contributed by atoms with Crippen molar-refractivity contribution in [3.05, 3.63) is 63.3 Å². The second kappa shape index (κ2) is 4.88. The van der Waals surface area contributed by atoms with E-state index < -0.39 is 0 Å². The van der Waals surface area contributed by atoms with Crippen LogP contribution >= 0.6 is 0 Å². The minimum absolute atomic E-state index is 0.134. The van der Waals surface area contributed by atoms with E-state index in [-0.39, 0.29) is 29.0 Å². The van der Waals surface area contributed by atoms with Crippen molar-refractivity contribution in [3.63, 3.8) is 0 Å². The maximum Gasteiger partial charge on any atom is 0.272 e. The van der Waals surface area contributed by atoms with Crippen LogP contribution < -0.4 is 10.9 Å². The van der Waals surface area contributed by atoms with Crippen molar-refractivity contribution in [2.45, 2.75) is 18.9 Å². The van der Waals surface area contributed by atoms with E-state index in [2.05, 4.69) is 15.5 Å². The number of carbonyl (C=O) groups excluding carboxylic acids is 1. The molecule has 0 aliphatic heterocycles. The number of aromatic amines is 1. The molecule has 0 bridgehead atoms. The molecule has 1 atom stereocenters. The van der Waals surface area contributed by atoms with Gasteiger partial charge in [0.25, 0.3) is 11.5 Å². The van der Waals surface area contributed by atoms with E-state index in [1.54, 1.807) is 6.07 Å². The first-order valence-corrected chi connectivity index (χ1v) is 6.28. The van der Waals surface area contributed by atoms with Crippen LogP contribution in [-0.4, -0.2) is 16.1 Å². The second-order valence-corrected chi connectivity index (χ2v) is 4.71. The van der Waals surface area contributed by atoms with Gasteiger partial charge in [-0.3, -0.25) is 9.59 Å². The molecule has 1 aromatic heterocycles. The molecule has 1 aromatic carbocycles. The lowest BCUT2D eigenvalue weighted by molar-refractivity contribution is 0.0930. The predicted molar refractivity (Wildman–Crippen MR) is 69.8 cm³/mol. The van der Waals surface area contributed by atoms with E-state index in [1.165, 1.54) is 24.3 Å². The van der Waals surface area contributed by atoms with Gasteiger partial charge in [-0.05, 0) is 42.2 Å². The minimum Gasteiger partial charge on any atom is -0.344 e. The quantitative estimate of drug-likeness (QED) is 0.866. The summed E-state index contributed by atoms with van der Waals surface area (Å²) in [6.45, 7) is 0. The number of H-pyrrole nitrogens is 1. The first-order valence-electron chi connectivity index (χ1n) is 6.28. The molecule has 2 N–H and O–H groups in total. The van der Waals surface area contributed by atoms with Crippen molar-refractivity contribution in [3.8, 4) is 0 Å². The molecule has 1 amide bonds. The molecule has 1 aliphatic rings. The molecule has 0 fully saturated rings. The molecule has 20 heavy (non-hydrogen) atoms. The van der Waals surface area contributed by atoms with Crippen LogP contribution in [0.4, 0.5) is 4.39 Å². The number of halogens is 1. The average Bonchev–Trinajstić information content (AvgIpc) is 2.82. The first kappa shape index (κ1) is 12.5. The zero-order valence-corrected chi connectivity index (χ0v) is 10.5. The van der Waals surface area contributed by atoms with Crippen LogP contribution in [0.2, 0.25) is 0 Å². The predicted octanol–water partition coefficient (Wildman–Crippen LogP) is 1.33. The fourth-order valence-corrected chi connectivity index (χ4v) is 2.43. The van der Waals surface area contributed by atoms with Crippen LogP contribution in [0.3, 0.4) is 0 Å². The van der Waals surface area contributed by atoms with E-state index in [0.717, 1.165) is 24.0 Å². The third kappa shape index (κ3) is 2.32. The van der Waals surface area contributed by atoms with Crippen molar-refractivity contribution >= 4 is 5.91 Å². The zero-order chi connectivity index (χ0) is 14.1. The van der Waals surface area contributed by atoms with Crippen molar-refractivity contribution < 1.29 is 9.18 Å². The molecule has 1 heterocycles. The third-order valence-electron chi connectivity index (χ3n) is 3.40. The van der Waals surface area contributed by atoms with Crippen molar-refractivity contribution in [2.75, 3.05) is 0 Å². The summed E-state index contributed by atoms with van der Waals surface area (Å²) in [5, 5.41) is 8.69. The van der Waals surface area contributed by atoms with Crippen molar-refractivity contribution in [2.24, 2.45) is 0 Å². The number of hydrogen-bond donors (Lipinski definition) is 2. The fraction of sp³-hybridized carbons (Fsp3) is 0.214. The Balaban J connectivity index is 1.80. The Morgan fingerprint density at radius 2 is 2.20 bits per heavy atom. The minimum atomic E-state index is -0.386. The smallest absolute Gasteiger partial charge is 0.272 e. The number of carbonyl (C=O) groups is 1. The standard InChI is InChI=1S/C14H12FN3O2/c15-9-3-1-8-2-4-11(10(8)7-9)16-14(20)12-5-6-13(19)18-17-12/h1,3,5-7,11H,2,4H2,(H,16,20)(H,18,19)/t11-/m1/s1. The van der Waals surface area contributed by atoms with Crippen LogP contribution in [0.25, 0.3) is 0 Å². The highest BCUT2D eigenvalue weighted by molar-refractivity contribution is 5.92. The number of aryl methyl sites for hydroxylation is 1. The van der Waals surface area contributed by atoms with Gasteiger partial charge in [-0.15, -0.1) is 0 Å². The maximum atomic E-state index is 13.3. The molecule has 3 rings (SSSR count). The van der Waals surface area contributed by atoms with Crippen LogP contribution in [-0.2, 0) is 6.42 Å². The van der Waals surface area contributed by atoms with Gasteiger partial charge in [0.15, 0.2) is 0 Å². The zero-order valence-electron chi connectivity index (χ0n) is 10.5. The summed E-state index contributed by atoms with van der Waals surface area (Å²) >= 11 is 0. The number of nitrogens with zero attached hydrogens (tertiary/aromatic N) is 1. The lowest BCUT2D eigenvalue weighted by atomic mass is 10.1. The summed E-state index contributed by atoms with van der Waals surface area (Å²) in [4.78, 5) is 22.9. The normalized spacial score (nSPS) is 16.8. The van der Waals surface area contributed by atoms with Crippen LogP contribution in [0.15, 0.2) is 35.1 Å². The summed E-state index contributed by atoms with van der Waals surface area (Å²) in [7, 11) is 0. The summed E-state index contributed by atoms with van der Waals surface area (Å²) in [6.07, 6.45) is 1.54. The first-order chi connectivity index (χ1) is 9.63. The molecule has 0 saturated carbocycles. The van der Waals surface area contributed by atoms with Gasteiger partial charge < -0.3 is 5.32 Å². The Bertz CT molecular complexity index is 706. The van der Waals surface area contributed by atoms with E-state index in [9.17, 15) is 14.0 Å². The number of rotatable bonds is 2. The molecule has 5 nitrogen and oxygen atoms in total. The van der Waals surface area contributed by atoms with Crippen molar-refractivity contribution in [1.82, 2.24) is 15.5 Å². The molecule has 102 valence electrons. The van der Waals surface area contributed by atoms with Gasteiger partial charge in [-0.1, -0.05) is 6.07 Å². The molecule has 1 aliphatic carbocycles. The van der Waals surface area contributed by atoms with Crippen LogP contribution in [0.1, 0.15) is 34.1 Å². The van der Waals surface area contributed by atoms with Gasteiger partial charge in [0, 0.05) is 6.07 Å². The summed E-state index contributed by atoms with van der Waals surface area (Å²) in [5.74, 6) is -0.699. The molecule has 0 radical (unpaired) electrons. The molecule has 6 heteroatoms. The molecule has 0 unspecified atom stereocenters. The third-order valence-corrected chi connectivity index (χ3v) is 3.40. The highest BCUT2D eigenvalue weighted by atomic mass is 19.1. The van der Waals surface area contributed by atoms with Gasteiger partial charge in [-0.25, -0.2) is 9.49 Å². The highest BCUT2D eigenvalue weighted by Crippen LogP contribution is 2.31. The number of aromatic nitrogens is 2. The van der Waals surface area contributed by atoms with Gasteiger partial charge in [0.1, 0.15) is 11.5 Å². The van der Waals surface area contributed by atoms with Gasteiger partial charge in [0.2, 0.25) is 0 Å². The Labute approximate surface area is 113 Å². The topological polar surface area (TPSA) is 74.8 Å². The molecule has 2 aromatic rings. The van der Waals surface area contributed by atoms with Crippen LogP contribution in [0.5, 0.6) is 0 Å². The van der Waals surface area contributed by atoms with E-state index in [4.69, 9.17) is 0 Å². The number of benzene rings is 1. The fourth-order valence-electron chi connectivity index (χ4n) is 2.43. The number of nitrogens with one attached hydrogen (secondary N) is 2. The van der Waals surface area contributed by atoms with E-state index >= 15 is 0 Å². The molecular formula is C14H12FN3O2. The van der Waals surface area contributed by atoms with Gasteiger partial charge >= 0.3 is 0 Å². The van der Waals surface area contributed by atoms with Gasteiger partial charge in [-0.2, -0.15) is 5.10 Å². The van der Waals surface area contributed by atoms with E-state index in [0.29, 0.717) is 0 Å². The SMILES string of the molecule is O=C(N[C@@H]1CCc2ccc(F)cc21)c1ccc(=O)[nH]n1. The maximum absolute atomic E-state index is 13.3. The largest absolute Gasteiger partial charge is 0.344 e. The Hall–Kier alpha value is -2.50. The highest BCUT2D eigenvalue weighted by Gasteiger charge is 2.25. The monoisotopic (exact) mass is 273 g/mol. The van der Waals surface area contributed by atoms with Crippen molar-refractivity contribution in [1.29, 1.82) is 0 Å². The molecule has 0 spiro atoms. The van der Waals surface area contributed by atoms with E-state index in [1.807, 2.05) is 0 Å². The average molecular weight is 273 g/mol. The molecular weight excluding hydrogens is 261 g/mol. The summed E-state index contributed by atoms with van der Waals surface area (Å²) < 4.78 is 13.3. The second-order valence-electron chi connectivity index (χ2n) is 4.71. The summed E-state index contributed by atoms with van der Waals surface area (Å²) in [6, 6.07) is 7.00. The molecule has 0 saturated heterocycles. The Morgan fingerprint density at radius 3 is 2.95 bits per heavy atom. The van der Waals surface area contributed by atoms with Gasteiger partial charge in [0.05, 0.1) is 6.04 Å². The number of hydrogen-bond acceptors (Lipinski definition) is 3. The summed E-state index contributed by atoms with van der Waals surface area (Å²) in [5.41, 5.74) is 1.62. The Kier molecular flexibility index (Phi) is 3.06. The number of amides is 1.